The maximum Gasteiger partial charge on any atom is 0.151 e. The van der Waals surface area contributed by atoms with Crippen molar-refractivity contribution in [3.63, 3.8) is 0 Å². The molecule has 0 saturated heterocycles. The van der Waals surface area contributed by atoms with Crippen LogP contribution in [0.2, 0.25) is 0 Å². The lowest BCUT2D eigenvalue weighted by molar-refractivity contribution is 0.0720. The average molecular weight is 237 g/mol. The molecule has 0 heterocycles. The Labute approximate surface area is 93.1 Å². The molecule has 92 valence electrons. The van der Waals surface area contributed by atoms with Gasteiger partial charge in [0.1, 0.15) is 0 Å². The van der Waals surface area contributed by atoms with Gasteiger partial charge in [-0.15, -0.1) is 0 Å². The number of hydrogen-bond donors (Lipinski definition) is 1. The van der Waals surface area contributed by atoms with Gasteiger partial charge in [0.15, 0.2) is 9.84 Å². The van der Waals surface area contributed by atoms with Gasteiger partial charge in [0, 0.05) is 13.2 Å². The molecular weight excluding hydrogens is 214 g/mol. The average Bonchev–Trinajstić information content (AvgIpc) is 2.00. The maximum absolute atomic E-state index is 11.3. The van der Waals surface area contributed by atoms with Gasteiger partial charge in [0.05, 0.1) is 18.1 Å². The zero-order valence-electron chi connectivity index (χ0n) is 9.95. The van der Waals surface area contributed by atoms with Crippen molar-refractivity contribution >= 4 is 9.84 Å². The Kier molecular flexibility index (Phi) is 6.40. The van der Waals surface area contributed by atoms with Crippen LogP contribution >= 0.6 is 0 Å². The molecule has 15 heavy (non-hydrogen) atoms. The van der Waals surface area contributed by atoms with Crippen LogP contribution in [-0.4, -0.2) is 39.7 Å². The van der Waals surface area contributed by atoms with Crippen LogP contribution in [0.15, 0.2) is 0 Å². The van der Waals surface area contributed by atoms with Crippen molar-refractivity contribution in [2.45, 2.75) is 27.2 Å². The van der Waals surface area contributed by atoms with Crippen molar-refractivity contribution in [2.75, 3.05) is 31.3 Å². The van der Waals surface area contributed by atoms with Crippen molar-refractivity contribution in [1.82, 2.24) is 0 Å². The lowest BCUT2D eigenvalue weighted by Crippen LogP contribution is -2.20. The van der Waals surface area contributed by atoms with Crippen molar-refractivity contribution in [3.05, 3.63) is 0 Å². The normalized spacial score (nSPS) is 13.1. The molecule has 0 bridgehead atoms. The zero-order valence-corrected chi connectivity index (χ0v) is 10.8. The number of sulfone groups is 1. The Hall–Kier alpha value is -0.130. The molecule has 0 aliphatic heterocycles. The van der Waals surface area contributed by atoms with Crippen LogP contribution in [0.1, 0.15) is 27.2 Å². The Morgan fingerprint density at radius 3 is 2.27 bits per heavy atom. The summed E-state index contributed by atoms with van der Waals surface area (Å²) in [4.78, 5) is 0. The molecule has 0 unspecified atom stereocenters. The predicted molar refractivity (Wildman–Crippen MR) is 62.6 cm³/mol. The summed E-state index contributed by atoms with van der Waals surface area (Å²) < 4.78 is 27.9. The van der Waals surface area contributed by atoms with Gasteiger partial charge in [-0.2, -0.15) is 0 Å². The molecule has 0 spiro atoms. The van der Waals surface area contributed by atoms with E-state index in [1.54, 1.807) is 0 Å². The van der Waals surface area contributed by atoms with Gasteiger partial charge >= 0.3 is 0 Å². The summed E-state index contributed by atoms with van der Waals surface area (Å²) in [5.74, 6) is 0.251. The monoisotopic (exact) mass is 237 g/mol. The van der Waals surface area contributed by atoms with Gasteiger partial charge in [0.2, 0.25) is 0 Å². The Morgan fingerprint density at radius 1 is 1.20 bits per heavy atom. The topological polar surface area (TPSA) is 69.4 Å². The largest absolute Gasteiger partial charge is 0.381 e. The van der Waals surface area contributed by atoms with Gasteiger partial charge in [-0.05, 0) is 11.8 Å². The first-order valence-electron chi connectivity index (χ1n) is 5.25. The minimum Gasteiger partial charge on any atom is -0.381 e. The van der Waals surface area contributed by atoms with Gasteiger partial charge in [0.25, 0.3) is 0 Å². The molecule has 0 aliphatic carbocycles. The minimum absolute atomic E-state index is 0.0757. The van der Waals surface area contributed by atoms with Crippen LogP contribution in [0, 0.1) is 5.41 Å². The Balaban J connectivity index is 3.55. The van der Waals surface area contributed by atoms with Gasteiger partial charge in [-0.25, -0.2) is 8.42 Å². The minimum atomic E-state index is -2.95. The number of hydrogen-bond acceptors (Lipinski definition) is 4. The molecular formula is C10H23NO3S. The summed E-state index contributed by atoms with van der Waals surface area (Å²) in [5, 5.41) is 0. The van der Waals surface area contributed by atoms with E-state index in [1.165, 1.54) is 0 Å². The quantitative estimate of drug-likeness (QED) is 0.665. The molecule has 0 fully saturated rings. The smallest absolute Gasteiger partial charge is 0.151 e. The first-order chi connectivity index (χ1) is 6.77. The fourth-order valence-corrected chi connectivity index (χ4v) is 2.16. The van der Waals surface area contributed by atoms with Gasteiger partial charge in [-0.1, -0.05) is 20.8 Å². The molecule has 0 aromatic carbocycles. The van der Waals surface area contributed by atoms with E-state index in [0.29, 0.717) is 19.6 Å². The van der Waals surface area contributed by atoms with Crippen molar-refractivity contribution in [2.24, 2.45) is 11.1 Å². The summed E-state index contributed by atoms with van der Waals surface area (Å²) >= 11 is 0. The zero-order chi connectivity index (χ0) is 11.9. The predicted octanol–water partition coefficient (Wildman–Crippen LogP) is 0.813. The molecule has 0 saturated carbocycles. The lowest BCUT2D eigenvalue weighted by Gasteiger charge is -2.17. The van der Waals surface area contributed by atoms with E-state index in [4.69, 9.17) is 10.5 Å². The van der Waals surface area contributed by atoms with Gasteiger partial charge in [-0.3, -0.25) is 0 Å². The summed E-state index contributed by atoms with van der Waals surface area (Å²) in [5.41, 5.74) is 5.33. The summed E-state index contributed by atoms with van der Waals surface area (Å²) in [7, 11) is -2.95. The molecule has 0 aliphatic rings. The van der Waals surface area contributed by atoms with E-state index < -0.39 is 9.84 Å². The van der Waals surface area contributed by atoms with Crippen molar-refractivity contribution in [1.29, 1.82) is 0 Å². The van der Waals surface area contributed by atoms with Gasteiger partial charge < -0.3 is 10.5 Å². The van der Waals surface area contributed by atoms with E-state index in [0.717, 1.165) is 0 Å². The molecule has 0 atom stereocenters. The van der Waals surface area contributed by atoms with Crippen LogP contribution in [-0.2, 0) is 14.6 Å². The summed E-state index contributed by atoms with van der Waals surface area (Å²) in [6.07, 6.45) is 0.554. The summed E-state index contributed by atoms with van der Waals surface area (Å²) in [6.45, 7) is 7.60. The van der Waals surface area contributed by atoms with Crippen LogP contribution in [0.5, 0.6) is 0 Å². The van der Waals surface area contributed by atoms with Crippen LogP contribution in [0.25, 0.3) is 0 Å². The van der Waals surface area contributed by atoms with Crippen LogP contribution in [0.3, 0.4) is 0 Å². The molecule has 2 N–H and O–H groups in total. The second-order valence-electron chi connectivity index (χ2n) is 4.91. The van der Waals surface area contributed by atoms with E-state index in [-0.39, 0.29) is 23.5 Å². The fourth-order valence-electron chi connectivity index (χ4n) is 1.04. The molecule has 0 aromatic heterocycles. The highest BCUT2D eigenvalue weighted by molar-refractivity contribution is 7.91. The highest BCUT2D eigenvalue weighted by atomic mass is 32.2. The molecule has 0 aromatic rings. The summed E-state index contributed by atoms with van der Waals surface area (Å²) in [6, 6.07) is 0. The van der Waals surface area contributed by atoms with E-state index >= 15 is 0 Å². The second-order valence-corrected chi connectivity index (χ2v) is 7.21. The first kappa shape index (κ1) is 14.9. The second kappa shape index (κ2) is 6.45. The van der Waals surface area contributed by atoms with Crippen molar-refractivity contribution in [3.8, 4) is 0 Å². The lowest BCUT2D eigenvalue weighted by atomic mass is 9.99. The third-order valence-electron chi connectivity index (χ3n) is 1.71. The van der Waals surface area contributed by atoms with E-state index in [1.807, 2.05) is 0 Å². The van der Waals surface area contributed by atoms with Crippen molar-refractivity contribution < 1.29 is 13.2 Å². The number of nitrogens with two attached hydrogens (primary N) is 1. The van der Waals surface area contributed by atoms with E-state index in [2.05, 4.69) is 20.8 Å². The molecule has 5 heteroatoms. The first-order valence-corrected chi connectivity index (χ1v) is 7.07. The highest BCUT2D eigenvalue weighted by Gasteiger charge is 2.11. The van der Waals surface area contributed by atoms with Crippen LogP contribution in [0.4, 0.5) is 0 Å². The third-order valence-corrected chi connectivity index (χ3v) is 3.48. The number of ether oxygens (including phenoxy) is 1. The SMILES string of the molecule is CC(C)(C)COCCCS(=O)(=O)CCN. The highest BCUT2D eigenvalue weighted by Crippen LogP contribution is 2.12. The molecule has 0 amide bonds. The molecule has 4 nitrogen and oxygen atoms in total. The Bertz CT molecular complexity index is 254. The van der Waals surface area contributed by atoms with Crippen LogP contribution < -0.4 is 5.73 Å². The Morgan fingerprint density at radius 2 is 1.80 bits per heavy atom. The standard InChI is InChI=1S/C10H23NO3S/c1-10(2,3)9-14-6-4-7-15(12,13)8-5-11/h4-9,11H2,1-3H3. The maximum atomic E-state index is 11.3. The number of rotatable bonds is 7. The fraction of sp³-hybridized carbons (Fsp3) is 1.00. The molecule has 0 radical (unpaired) electrons. The third kappa shape index (κ3) is 10.2. The molecule has 0 rings (SSSR count). The van der Waals surface area contributed by atoms with E-state index in [9.17, 15) is 8.42 Å².